The van der Waals surface area contributed by atoms with E-state index in [1.54, 1.807) is 37.6 Å². The van der Waals surface area contributed by atoms with Gasteiger partial charge in [0, 0.05) is 25.0 Å². The van der Waals surface area contributed by atoms with Gasteiger partial charge in [0.2, 0.25) is 5.91 Å². The minimum Gasteiger partial charge on any atom is -0.489 e. The topological polar surface area (TPSA) is 66.0 Å². The summed E-state index contributed by atoms with van der Waals surface area (Å²) in [7, 11) is 3.40. The maximum Gasteiger partial charge on any atom is 0.243 e. The number of thiophene rings is 1. The molecule has 8 heteroatoms. The van der Waals surface area contributed by atoms with Crippen LogP contribution in [0.1, 0.15) is 18.2 Å². The van der Waals surface area contributed by atoms with Crippen molar-refractivity contribution in [3.8, 4) is 5.75 Å². The number of likely N-dealkylation sites (N-methyl/N-ethyl adjacent to an activating group) is 1. The first kappa shape index (κ1) is 21.7. The molecule has 0 aliphatic rings. The van der Waals surface area contributed by atoms with Gasteiger partial charge in [-0.2, -0.15) is 0 Å². The van der Waals surface area contributed by atoms with Gasteiger partial charge in [-0.1, -0.05) is 19.1 Å². The van der Waals surface area contributed by atoms with Crippen molar-refractivity contribution in [1.82, 2.24) is 15.5 Å². The molecule has 0 bridgehead atoms. The number of hydrogen-bond acceptors (Lipinski definition) is 4. The standard InChI is InChI=1S/C20H27FN4O2S/c1-4-16(27-17-8-5-7-15(21)11-17)12-22-20(24-14-19(26)25(2)3)23-13-18-9-6-10-28-18/h5-11,16H,4,12-14H2,1-3H3,(H2,22,23,24). The van der Waals surface area contributed by atoms with Crippen molar-refractivity contribution in [2.45, 2.75) is 26.0 Å². The van der Waals surface area contributed by atoms with Gasteiger partial charge in [-0.3, -0.25) is 4.79 Å². The molecule has 152 valence electrons. The number of carbonyl (C=O) groups is 1. The predicted octanol–water partition coefficient (Wildman–Crippen LogP) is 2.87. The number of ether oxygens (including phenoxy) is 1. The van der Waals surface area contributed by atoms with E-state index in [-0.39, 0.29) is 24.4 Å². The molecule has 28 heavy (non-hydrogen) atoms. The van der Waals surface area contributed by atoms with Crippen LogP contribution in [-0.2, 0) is 11.3 Å². The van der Waals surface area contributed by atoms with Gasteiger partial charge in [-0.05, 0) is 30.0 Å². The Morgan fingerprint density at radius 3 is 2.75 bits per heavy atom. The van der Waals surface area contributed by atoms with Crippen LogP contribution in [0.2, 0.25) is 0 Å². The van der Waals surface area contributed by atoms with Gasteiger partial charge >= 0.3 is 0 Å². The van der Waals surface area contributed by atoms with Crippen molar-refractivity contribution in [1.29, 1.82) is 0 Å². The number of hydrogen-bond donors (Lipinski definition) is 2. The number of nitrogens with zero attached hydrogens (tertiary/aromatic N) is 2. The Bertz CT molecular complexity index is 765. The Labute approximate surface area is 169 Å². The summed E-state index contributed by atoms with van der Waals surface area (Å²) in [5.41, 5.74) is 0. The van der Waals surface area contributed by atoms with Crippen LogP contribution in [0.15, 0.2) is 46.8 Å². The van der Waals surface area contributed by atoms with Gasteiger partial charge in [0.15, 0.2) is 5.96 Å². The normalized spacial score (nSPS) is 12.4. The summed E-state index contributed by atoms with van der Waals surface area (Å²) in [6, 6.07) is 10.1. The highest BCUT2D eigenvalue weighted by Crippen LogP contribution is 2.14. The van der Waals surface area contributed by atoms with E-state index in [1.165, 1.54) is 17.0 Å². The van der Waals surface area contributed by atoms with Crippen molar-refractivity contribution >= 4 is 23.2 Å². The Hall–Kier alpha value is -2.61. The van der Waals surface area contributed by atoms with Crippen LogP contribution in [0.5, 0.6) is 5.75 Å². The van der Waals surface area contributed by atoms with Gasteiger partial charge < -0.3 is 20.3 Å². The summed E-state index contributed by atoms with van der Waals surface area (Å²) in [4.78, 5) is 18.9. The van der Waals surface area contributed by atoms with Crippen LogP contribution < -0.4 is 15.4 Å². The van der Waals surface area contributed by atoms with Gasteiger partial charge in [0.05, 0.1) is 13.1 Å². The average Bonchev–Trinajstić information content (AvgIpc) is 3.19. The first-order valence-electron chi connectivity index (χ1n) is 9.15. The summed E-state index contributed by atoms with van der Waals surface area (Å²) in [6.45, 7) is 3.13. The molecule has 1 unspecified atom stereocenters. The lowest BCUT2D eigenvalue weighted by Gasteiger charge is -2.20. The number of halogens is 1. The molecular formula is C20H27FN4O2S. The summed E-state index contributed by atoms with van der Waals surface area (Å²) < 4.78 is 19.2. The quantitative estimate of drug-likeness (QED) is 0.496. The van der Waals surface area contributed by atoms with Crippen LogP contribution >= 0.6 is 11.3 Å². The molecule has 0 saturated carbocycles. The maximum atomic E-state index is 13.4. The molecule has 1 atom stereocenters. The Morgan fingerprint density at radius 2 is 2.11 bits per heavy atom. The van der Waals surface area contributed by atoms with Crippen LogP contribution in [0.3, 0.4) is 0 Å². The first-order chi connectivity index (χ1) is 13.5. The number of nitrogens with one attached hydrogen (secondary N) is 2. The Kier molecular flexibility index (Phi) is 8.74. The van der Waals surface area contributed by atoms with E-state index < -0.39 is 0 Å². The average molecular weight is 407 g/mol. The monoisotopic (exact) mass is 406 g/mol. The number of amides is 1. The minimum atomic E-state index is -0.331. The number of rotatable bonds is 9. The lowest BCUT2D eigenvalue weighted by atomic mass is 10.2. The molecule has 1 heterocycles. The molecular weight excluding hydrogens is 379 g/mol. The number of aliphatic imine (C=N–C) groups is 1. The third kappa shape index (κ3) is 7.56. The number of carbonyl (C=O) groups excluding carboxylic acids is 1. The summed E-state index contributed by atoms with van der Waals surface area (Å²) in [6.07, 6.45) is 0.568. The van der Waals surface area contributed by atoms with Gasteiger partial charge in [0.25, 0.3) is 0 Å². The van der Waals surface area contributed by atoms with E-state index in [4.69, 9.17) is 4.74 Å². The Balaban J connectivity index is 1.96. The van der Waals surface area contributed by atoms with Crippen molar-refractivity contribution < 1.29 is 13.9 Å². The highest BCUT2D eigenvalue weighted by molar-refractivity contribution is 7.09. The summed E-state index contributed by atoms with van der Waals surface area (Å²) >= 11 is 1.65. The van der Waals surface area contributed by atoms with Crippen LogP contribution in [0.25, 0.3) is 0 Å². The first-order valence-corrected chi connectivity index (χ1v) is 10.0. The number of guanidine groups is 1. The van der Waals surface area contributed by atoms with E-state index in [0.29, 0.717) is 24.8 Å². The molecule has 2 N–H and O–H groups in total. The second kappa shape index (κ2) is 11.3. The van der Waals surface area contributed by atoms with Gasteiger partial charge in [-0.15, -0.1) is 11.3 Å². The molecule has 0 radical (unpaired) electrons. The molecule has 0 fully saturated rings. The number of benzene rings is 1. The molecule has 1 aromatic carbocycles. The zero-order valence-electron chi connectivity index (χ0n) is 16.4. The summed E-state index contributed by atoms with van der Waals surface area (Å²) in [5.74, 6) is 0.606. The molecule has 0 saturated heterocycles. The molecule has 0 spiro atoms. The van der Waals surface area contributed by atoms with E-state index >= 15 is 0 Å². The fraction of sp³-hybridized carbons (Fsp3) is 0.400. The molecule has 1 amide bonds. The van der Waals surface area contributed by atoms with Crippen LogP contribution in [0.4, 0.5) is 4.39 Å². The van der Waals surface area contributed by atoms with E-state index in [9.17, 15) is 9.18 Å². The molecule has 0 aliphatic carbocycles. The molecule has 6 nitrogen and oxygen atoms in total. The van der Waals surface area contributed by atoms with Crippen molar-refractivity contribution in [2.75, 3.05) is 27.2 Å². The van der Waals surface area contributed by atoms with Crippen LogP contribution in [0, 0.1) is 5.82 Å². The van der Waals surface area contributed by atoms with Gasteiger partial charge in [-0.25, -0.2) is 9.38 Å². The predicted molar refractivity (Wildman–Crippen MR) is 111 cm³/mol. The fourth-order valence-corrected chi connectivity index (χ4v) is 2.90. The smallest absolute Gasteiger partial charge is 0.243 e. The third-order valence-electron chi connectivity index (χ3n) is 3.93. The second-order valence-corrected chi connectivity index (χ2v) is 7.40. The highest BCUT2D eigenvalue weighted by atomic mass is 32.1. The van der Waals surface area contributed by atoms with Crippen molar-refractivity contribution in [3.63, 3.8) is 0 Å². The zero-order chi connectivity index (χ0) is 20.4. The Morgan fingerprint density at radius 1 is 1.29 bits per heavy atom. The molecule has 0 aliphatic heterocycles. The SMILES string of the molecule is CCC(CNC(=NCC(=O)N(C)C)NCc1cccs1)Oc1cccc(F)c1. The van der Waals surface area contributed by atoms with Crippen molar-refractivity contribution in [2.24, 2.45) is 4.99 Å². The fourth-order valence-electron chi connectivity index (χ4n) is 2.26. The highest BCUT2D eigenvalue weighted by Gasteiger charge is 2.11. The second-order valence-electron chi connectivity index (χ2n) is 6.37. The van der Waals surface area contributed by atoms with E-state index in [1.807, 2.05) is 24.4 Å². The summed E-state index contributed by atoms with van der Waals surface area (Å²) in [5, 5.41) is 8.46. The van der Waals surface area contributed by atoms with E-state index in [0.717, 1.165) is 11.3 Å². The lowest BCUT2D eigenvalue weighted by Crippen LogP contribution is -2.42. The largest absolute Gasteiger partial charge is 0.489 e. The van der Waals surface area contributed by atoms with Crippen LogP contribution in [-0.4, -0.2) is 50.1 Å². The molecule has 2 rings (SSSR count). The molecule has 1 aromatic heterocycles. The van der Waals surface area contributed by atoms with E-state index in [2.05, 4.69) is 15.6 Å². The molecule has 2 aromatic rings. The maximum absolute atomic E-state index is 13.4. The van der Waals surface area contributed by atoms with Crippen molar-refractivity contribution in [3.05, 3.63) is 52.5 Å². The minimum absolute atomic E-state index is 0.0499. The lowest BCUT2D eigenvalue weighted by molar-refractivity contribution is -0.127. The zero-order valence-corrected chi connectivity index (χ0v) is 17.3. The van der Waals surface area contributed by atoms with Gasteiger partial charge in [0.1, 0.15) is 24.2 Å². The third-order valence-corrected chi connectivity index (χ3v) is 4.81.